The molecule has 0 aliphatic carbocycles. The van der Waals surface area contributed by atoms with Crippen LogP contribution in [0.1, 0.15) is 24.8 Å². The normalized spacial score (nSPS) is 12.1. The number of hydrogen-bond donors (Lipinski definition) is 2. The van der Waals surface area contributed by atoms with Crippen LogP contribution < -0.4 is 5.32 Å². The molecule has 0 aliphatic heterocycles. The topological polar surface area (TPSA) is 79.3 Å². The number of nitrogens with zero attached hydrogens (tertiary/aromatic N) is 1. The van der Waals surface area contributed by atoms with Gasteiger partial charge in [0.15, 0.2) is 0 Å². The Morgan fingerprint density at radius 3 is 2.88 bits per heavy atom. The van der Waals surface area contributed by atoms with Gasteiger partial charge in [-0.3, -0.25) is 9.59 Å². The van der Waals surface area contributed by atoms with E-state index in [1.54, 1.807) is 6.20 Å². The highest BCUT2D eigenvalue weighted by atomic mass is 32.1. The van der Waals surface area contributed by atoms with E-state index in [0.29, 0.717) is 12.8 Å². The average Bonchev–Trinajstić information content (AvgIpc) is 2.66. The lowest BCUT2D eigenvalue weighted by molar-refractivity contribution is -0.137. The van der Waals surface area contributed by atoms with Crippen LogP contribution in [0.15, 0.2) is 11.6 Å². The predicted octanol–water partition coefficient (Wildman–Crippen LogP) is 1.06. The summed E-state index contributed by atoms with van der Waals surface area (Å²) in [5.74, 6) is -0.999. The lowest BCUT2D eigenvalue weighted by Gasteiger charge is -2.15. The molecule has 0 aromatic carbocycles. The first kappa shape index (κ1) is 12.6. The van der Waals surface area contributed by atoms with Crippen molar-refractivity contribution < 1.29 is 14.7 Å². The van der Waals surface area contributed by atoms with Crippen molar-refractivity contribution in [2.75, 3.05) is 0 Å². The van der Waals surface area contributed by atoms with Crippen LogP contribution in [0.4, 0.5) is 0 Å². The Hall–Kier alpha value is -1.43. The van der Waals surface area contributed by atoms with Crippen molar-refractivity contribution in [1.82, 2.24) is 10.3 Å². The van der Waals surface area contributed by atoms with Gasteiger partial charge in [0, 0.05) is 37.4 Å². The van der Waals surface area contributed by atoms with E-state index in [2.05, 4.69) is 10.3 Å². The fourth-order valence-electron chi connectivity index (χ4n) is 1.37. The van der Waals surface area contributed by atoms with Crippen molar-refractivity contribution in [3.05, 3.63) is 16.6 Å². The summed E-state index contributed by atoms with van der Waals surface area (Å²) in [5, 5.41) is 14.1. The van der Waals surface area contributed by atoms with E-state index in [0.717, 1.165) is 5.01 Å². The fraction of sp³-hybridized carbons (Fsp3) is 0.500. The average molecular weight is 242 g/mol. The highest BCUT2D eigenvalue weighted by Gasteiger charge is 2.13. The zero-order chi connectivity index (χ0) is 12.0. The maximum atomic E-state index is 11.0. The van der Waals surface area contributed by atoms with Crippen molar-refractivity contribution in [2.45, 2.75) is 32.2 Å². The first-order valence-electron chi connectivity index (χ1n) is 4.95. The molecule has 88 valence electrons. The van der Waals surface area contributed by atoms with Gasteiger partial charge in [-0.05, 0) is 6.42 Å². The van der Waals surface area contributed by atoms with E-state index in [-0.39, 0.29) is 18.4 Å². The molecular formula is C10H14N2O3S. The lowest BCUT2D eigenvalue weighted by Crippen LogP contribution is -2.35. The van der Waals surface area contributed by atoms with Crippen LogP contribution in [0.5, 0.6) is 0 Å². The maximum Gasteiger partial charge on any atom is 0.303 e. The minimum absolute atomic E-state index is 0.0519. The summed E-state index contributed by atoms with van der Waals surface area (Å²) in [4.78, 5) is 25.5. The Balaban J connectivity index is 2.49. The quantitative estimate of drug-likeness (QED) is 0.781. The van der Waals surface area contributed by atoms with E-state index in [1.807, 2.05) is 5.38 Å². The summed E-state index contributed by atoms with van der Waals surface area (Å²) >= 11 is 1.50. The number of carboxylic acid groups (broad SMARTS) is 1. The predicted molar refractivity (Wildman–Crippen MR) is 60.3 cm³/mol. The van der Waals surface area contributed by atoms with Gasteiger partial charge in [-0.25, -0.2) is 4.98 Å². The number of aliphatic carboxylic acids is 1. The van der Waals surface area contributed by atoms with Crippen molar-refractivity contribution in [2.24, 2.45) is 0 Å². The second-order valence-corrected chi connectivity index (χ2v) is 4.44. The highest BCUT2D eigenvalue weighted by molar-refractivity contribution is 7.09. The largest absolute Gasteiger partial charge is 0.481 e. The smallest absolute Gasteiger partial charge is 0.303 e. The zero-order valence-corrected chi connectivity index (χ0v) is 9.79. The Bertz CT molecular complexity index is 351. The third-order valence-corrected chi connectivity index (χ3v) is 2.82. The molecule has 2 N–H and O–H groups in total. The van der Waals surface area contributed by atoms with Gasteiger partial charge in [-0.2, -0.15) is 0 Å². The second-order valence-electron chi connectivity index (χ2n) is 3.46. The fourth-order valence-corrected chi connectivity index (χ4v) is 2.07. The van der Waals surface area contributed by atoms with Crippen LogP contribution in [0.2, 0.25) is 0 Å². The number of nitrogens with one attached hydrogen (secondary N) is 1. The molecule has 1 unspecified atom stereocenters. The molecule has 5 nitrogen and oxygen atoms in total. The van der Waals surface area contributed by atoms with Crippen LogP contribution >= 0.6 is 11.3 Å². The zero-order valence-electron chi connectivity index (χ0n) is 8.97. The first-order chi connectivity index (χ1) is 7.58. The molecule has 0 spiro atoms. The SMILES string of the molecule is CC(=O)NC(CCC(=O)O)Cc1nccs1. The van der Waals surface area contributed by atoms with E-state index >= 15 is 0 Å². The molecule has 1 heterocycles. The van der Waals surface area contributed by atoms with Crippen molar-refractivity contribution in [3.63, 3.8) is 0 Å². The minimum Gasteiger partial charge on any atom is -0.481 e. The molecule has 1 aromatic rings. The second kappa shape index (κ2) is 6.22. The van der Waals surface area contributed by atoms with Crippen molar-refractivity contribution in [3.8, 4) is 0 Å². The van der Waals surface area contributed by atoms with Gasteiger partial charge in [0.05, 0.1) is 5.01 Å². The maximum absolute atomic E-state index is 11.0. The summed E-state index contributed by atoms with van der Waals surface area (Å²) in [5.41, 5.74) is 0. The molecule has 6 heteroatoms. The molecule has 0 fully saturated rings. The number of hydrogen-bond acceptors (Lipinski definition) is 4. The Kier molecular flexibility index (Phi) is 4.91. The number of amides is 1. The van der Waals surface area contributed by atoms with Gasteiger partial charge in [0.25, 0.3) is 0 Å². The third-order valence-electron chi connectivity index (χ3n) is 2.02. The van der Waals surface area contributed by atoms with Gasteiger partial charge in [-0.1, -0.05) is 0 Å². The van der Waals surface area contributed by atoms with Gasteiger partial charge in [0.1, 0.15) is 0 Å². The van der Waals surface area contributed by atoms with Gasteiger partial charge in [-0.15, -0.1) is 11.3 Å². The van der Waals surface area contributed by atoms with Crippen LogP contribution in [-0.4, -0.2) is 28.0 Å². The highest BCUT2D eigenvalue weighted by Crippen LogP contribution is 2.10. The van der Waals surface area contributed by atoms with E-state index in [4.69, 9.17) is 5.11 Å². The van der Waals surface area contributed by atoms with Crippen molar-refractivity contribution >= 4 is 23.2 Å². The number of thiazole rings is 1. The van der Waals surface area contributed by atoms with E-state index in [1.165, 1.54) is 18.3 Å². The Morgan fingerprint density at radius 2 is 2.38 bits per heavy atom. The summed E-state index contributed by atoms with van der Waals surface area (Å²) in [7, 11) is 0. The monoisotopic (exact) mass is 242 g/mol. The van der Waals surface area contributed by atoms with Gasteiger partial charge < -0.3 is 10.4 Å². The number of carboxylic acids is 1. The number of rotatable bonds is 6. The molecule has 0 saturated heterocycles. The molecular weight excluding hydrogens is 228 g/mol. The Morgan fingerprint density at radius 1 is 1.62 bits per heavy atom. The molecule has 0 aliphatic rings. The molecule has 16 heavy (non-hydrogen) atoms. The molecule has 1 atom stereocenters. The van der Waals surface area contributed by atoms with Gasteiger partial charge >= 0.3 is 5.97 Å². The molecule has 1 aromatic heterocycles. The van der Waals surface area contributed by atoms with Crippen LogP contribution in [0.25, 0.3) is 0 Å². The number of carbonyl (C=O) groups excluding carboxylic acids is 1. The third kappa shape index (κ3) is 4.88. The van der Waals surface area contributed by atoms with E-state index in [9.17, 15) is 9.59 Å². The molecule has 1 rings (SSSR count). The molecule has 1 amide bonds. The molecule has 0 radical (unpaired) electrons. The lowest BCUT2D eigenvalue weighted by atomic mass is 10.1. The minimum atomic E-state index is -0.852. The Labute approximate surface area is 97.5 Å². The van der Waals surface area contributed by atoms with Crippen LogP contribution in [-0.2, 0) is 16.0 Å². The van der Waals surface area contributed by atoms with Crippen LogP contribution in [0.3, 0.4) is 0 Å². The summed E-state index contributed by atoms with van der Waals surface area (Å²) < 4.78 is 0. The number of carbonyl (C=O) groups is 2. The summed E-state index contributed by atoms with van der Waals surface area (Å²) in [6, 6.07) is -0.153. The summed E-state index contributed by atoms with van der Waals surface area (Å²) in [6.07, 6.45) is 2.76. The molecule has 0 bridgehead atoms. The van der Waals surface area contributed by atoms with Crippen molar-refractivity contribution in [1.29, 1.82) is 0 Å². The first-order valence-corrected chi connectivity index (χ1v) is 5.83. The standard InChI is InChI=1S/C10H14N2O3S/c1-7(13)12-8(2-3-10(14)15)6-9-11-4-5-16-9/h4-5,8H,2-3,6H2,1H3,(H,12,13)(H,14,15). The van der Waals surface area contributed by atoms with Crippen LogP contribution in [0, 0.1) is 0 Å². The summed E-state index contributed by atoms with van der Waals surface area (Å²) in [6.45, 7) is 1.43. The number of aromatic nitrogens is 1. The van der Waals surface area contributed by atoms with E-state index < -0.39 is 5.97 Å². The van der Waals surface area contributed by atoms with Gasteiger partial charge in [0.2, 0.25) is 5.91 Å². The molecule has 0 saturated carbocycles.